The Labute approximate surface area is 339 Å². The molecule has 0 N–H and O–H groups in total. The lowest BCUT2D eigenvalue weighted by Crippen LogP contribution is -2.01. The van der Waals surface area contributed by atoms with E-state index in [-0.39, 0.29) is 0 Å². The van der Waals surface area contributed by atoms with Crippen LogP contribution in [-0.4, -0.2) is 15.0 Å². The van der Waals surface area contributed by atoms with Crippen LogP contribution in [0.25, 0.3) is 121 Å². The standard InChI is InChI=1S/C55H33N3O/c1-2-13-37-32-38(29-26-34(37)12-1)35-24-27-36(28-25-35)53-56-54(58-55(57-53)49-22-11-21-47-46-20-9-10-23-51(46)59-52(47)49)48-31-30-45(42-17-6-7-18-43(42)48)50-33-39-14-3-4-15-40(39)41-16-5-8-19-44(41)50/h1-33H. The Kier molecular flexibility index (Phi) is 7.50. The number of aromatic nitrogens is 3. The highest BCUT2D eigenvalue weighted by Crippen LogP contribution is 2.42. The highest BCUT2D eigenvalue weighted by Gasteiger charge is 2.20. The van der Waals surface area contributed by atoms with E-state index in [4.69, 9.17) is 19.4 Å². The van der Waals surface area contributed by atoms with Crippen LogP contribution in [0.15, 0.2) is 205 Å². The Morgan fingerprint density at radius 1 is 0.271 bits per heavy atom. The summed E-state index contributed by atoms with van der Waals surface area (Å²) in [5, 5.41) is 11.7. The van der Waals surface area contributed by atoms with Crippen molar-refractivity contribution < 1.29 is 4.42 Å². The Hall–Kier alpha value is -7.95. The van der Waals surface area contributed by atoms with E-state index in [0.717, 1.165) is 66.1 Å². The van der Waals surface area contributed by atoms with Crippen molar-refractivity contribution >= 4 is 65.0 Å². The number of hydrogen-bond donors (Lipinski definition) is 0. The summed E-state index contributed by atoms with van der Waals surface area (Å²) in [6.45, 7) is 0. The maximum atomic E-state index is 6.52. The zero-order chi connectivity index (χ0) is 38.9. The molecular weight excluding hydrogens is 719 g/mol. The van der Waals surface area contributed by atoms with Gasteiger partial charge in [0.05, 0.1) is 5.56 Å². The highest BCUT2D eigenvalue weighted by atomic mass is 16.3. The monoisotopic (exact) mass is 751 g/mol. The van der Waals surface area contributed by atoms with E-state index >= 15 is 0 Å². The summed E-state index contributed by atoms with van der Waals surface area (Å²) in [6.07, 6.45) is 0. The maximum absolute atomic E-state index is 6.52. The number of benzene rings is 10. The fraction of sp³-hybridized carbons (Fsp3) is 0. The van der Waals surface area contributed by atoms with Crippen LogP contribution in [0.1, 0.15) is 0 Å². The number of nitrogens with zero attached hydrogens (tertiary/aromatic N) is 3. The molecule has 0 saturated carbocycles. The molecule has 0 unspecified atom stereocenters. The average Bonchev–Trinajstić information content (AvgIpc) is 3.70. The van der Waals surface area contributed by atoms with Gasteiger partial charge < -0.3 is 4.42 Å². The summed E-state index contributed by atoms with van der Waals surface area (Å²) >= 11 is 0. The fourth-order valence-electron chi connectivity index (χ4n) is 8.86. The van der Waals surface area contributed by atoms with Gasteiger partial charge in [-0.05, 0) is 95.7 Å². The van der Waals surface area contributed by atoms with Gasteiger partial charge in [-0.3, -0.25) is 0 Å². The predicted octanol–water partition coefficient (Wildman–Crippen LogP) is 14.7. The zero-order valence-electron chi connectivity index (χ0n) is 31.8. The number of fused-ring (bicyclic) bond motifs is 8. The van der Waals surface area contributed by atoms with E-state index in [1.54, 1.807) is 0 Å². The van der Waals surface area contributed by atoms with Crippen LogP contribution in [0.3, 0.4) is 0 Å². The van der Waals surface area contributed by atoms with E-state index in [0.29, 0.717) is 17.5 Å². The molecule has 0 saturated heterocycles. The van der Waals surface area contributed by atoms with E-state index < -0.39 is 0 Å². The second-order valence-corrected chi connectivity index (χ2v) is 15.1. The molecule has 4 heteroatoms. The first-order chi connectivity index (χ1) is 29.2. The number of rotatable bonds is 5. The Bertz CT molecular complexity index is 3620. The molecule has 0 bridgehead atoms. The van der Waals surface area contributed by atoms with Gasteiger partial charge in [0.15, 0.2) is 17.5 Å². The van der Waals surface area contributed by atoms with Gasteiger partial charge in [0.1, 0.15) is 11.2 Å². The third-order valence-corrected chi connectivity index (χ3v) is 11.7. The molecule has 2 aromatic heterocycles. The van der Waals surface area contributed by atoms with Crippen molar-refractivity contribution in [1.82, 2.24) is 15.0 Å². The SMILES string of the molecule is c1ccc2cc(-c3ccc(-c4nc(-c5ccc(-c6cc7ccccc7c7ccccc67)c6ccccc56)nc(-c5cccc6c5oc5ccccc56)n4)cc3)ccc2c1. The summed E-state index contributed by atoms with van der Waals surface area (Å²) in [6, 6.07) is 70.6. The molecule has 0 radical (unpaired) electrons. The van der Waals surface area contributed by atoms with Gasteiger partial charge in [0.2, 0.25) is 0 Å². The summed E-state index contributed by atoms with van der Waals surface area (Å²) in [5.74, 6) is 1.75. The molecule has 10 aromatic carbocycles. The molecule has 12 rings (SSSR count). The van der Waals surface area contributed by atoms with E-state index in [1.165, 1.54) is 37.9 Å². The Morgan fingerprint density at radius 2 is 0.814 bits per heavy atom. The molecule has 0 fully saturated rings. The molecule has 0 aliphatic rings. The first kappa shape index (κ1) is 33.2. The second kappa shape index (κ2) is 13.3. The van der Waals surface area contributed by atoms with Gasteiger partial charge in [0, 0.05) is 21.9 Å². The van der Waals surface area contributed by atoms with Crippen LogP contribution in [0.5, 0.6) is 0 Å². The van der Waals surface area contributed by atoms with Gasteiger partial charge in [-0.15, -0.1) is 0 Å². The largest absolute Gasteiger partial charge is 0.455 e. The second-order valence-electron chi connectivity index (χ2n) is 15.1. The van der Waals surface area contributed by atoms with E-state index in [2.05, 4.69) is 176 Å². The molecule has 59 heavy (non-hydrogen) atoms. The smallest absolute Gasteiger partial charge is 0.167 e. The average molecular weight is 752 g/mol. The summed E-state index contributed by atoms with van der Waals surface area (Å²) < 4.78 is 6.52. The van der Waals surface area contributed by atoms with Gasteiger partial charge in [-0.25, -0.2) is 15.0 Å². The summed E-state index contributed by atoms with van der Waals surface area (Å²) in [5.41, 5.74) is 8.89. The highest BCUT2D eigenvalue weighted by molar-refractivity contribution is 6.17. The lowest BCUT2D eigenvalue weighted by molar-refractivity contribution is 0.669. The topological polar surface area (TPSA) is 51.8 Å². The molecule has 0 spiro atoms. The number of furan rings is 1. The first-order valence-corrected chi connectivity index (χ1v) is 19.9. The molecule has 274 valence electrons. The predicted molar refractivity (Wildman–Crippen MR) is 244 cm³/mol. The van der Waals surface area contributed by atoms with Crippen molar-refractivity contribution in [1.29, 1.82) is 0 Å². The normalized spacial score (nSPS) is 11.7. The molecule has 0 aliphatic carbocycles. The van der Waals surface area contributed by atoms with Gasteiger partial charge in [0.25, 0.3) is 0 Å². The fourth-order valence-corrected chi connectivity index (χ4v) is 8.86. The van der Waals surface area contributed by atoms with Crippen molar-refractivity contribution in [3.63, 3.8) is 0 Å². The molecule has 2 heterocycles. The van der Waals surface area contributed by atoms with Crippen LogP contribution in [0.4, 0.5) is 0 Å². The molecule has 0 amide bonds. The van der Waals surface area contributed by atoms with Crippen LogP contribution in [0, 0.1) is 0 Å². The minimum Gasteiger partial charge on any atom is -0.455 e. The van der Waals surface area contributed by atoms with Crippen molar-refractivity contribution in [2.24, 2.45) is 0 Å². The number of para-hydroxylation sites is 2. The quantitative estimate of drug-likeness (QED) is 0.164. The van der Waals surface area contributed by atoms with Gasteiger partial charge >= 0.3 is 0 Å². The lowest BCUT2D eigenvalue weighted by Gasteiger charge is -2.15. The Morgan fingerprint density at radius 3 is 1.61 bits per heavy atom. The zero-order valence-corrected chi connectivity index (χ0v) is 31.8. The van der Waals surface area contributed by atoms with Crippen LogP contribution < -0.4 is 0 Å². The Balaban J connectivity index is 1.06. The minimum absolute atomic E-state index is 0.557. The maximum Gasteiger partial charge on any atom is 0.167 e. The van der Waals surface area contributed by atoms with Crippen LogP contribution in [-0.2, 0) is 0 Å². The van der Waals surface area contributed by atoms with Crippen molar-refractivity contribution in [2.45, 2.75) is 0 Å². The lowest BCUT2D eigenvalue weighted by atomic mass is 9.89. The van der Waals surface area contributed by atoms with Crippen molar-refractivity contribution in [3.05, 3.63) is 200 Å². The first-order valence-electron chi connectivity index (χ1n) is 19.9. The van der Waals surface area contributed by atoms with Crippen LogP contribution in [0.2, 0.25) is 0 Å². The molecular formula is C55H33N3O. The third kappa shape index (κ3) is 5.49. The molecule has 4 nitrogen and oxygen atoms in total. The van der Waals surface area contributed by atoms with Gasteiger partial charge in [-0.2, -0.15) is 0 Å². The minimum atomic E-state index is 0.557. The third-order valence-electron chi connectivity index (χ3n) is 11.7. The van der Waals surface area contributed by atoms with Crippen molar-refractivity contribution in [2.75, 3.05) is 0 Å². The number of hydrogen-bond acceptors (Lipinski definition) is 4. The summed E-state index contributed by atoms with van der Waals surface area (Å²) in [7, 11) is 0. The molecule has 0 atom stereocenters. The molecule has 12 aromatic rings. The molecule has 0 aliphatic heterocycles. The van der Waals surface area contributed by atoms with Crippen LogP contribution >= 0.6 is 0 Å². The van der Waals surface area contributed by atoms with E-state index in [9.17, 15) is 0 Å². The van der Waals surface area contributed by atoms with E-state index in [1.807, 2.05) is 24.3 Å². The summed E-state index contributed by atoms with van der Waals surface area (Å²) in [4.78, 5) is 15.7. The van der Waals surface area contributed by atoms with Crippen molar-refractivity contribution in [3.8, 4) is 56.4 Å². The van der Waals surface area contributed by atoms with Gasteiger partial charge in [-0.1, -0.05) is 170 Å².